The standard InChI is InChI=1S/C30H50O4/c1-18-10-15-30(24(32)33)17-16-27(5)19(23(30)29(18,7)34)8-9-21-26(4)13-12-22(31)25(2,3)20(26)11-14-28(21,27)6/h18-23,31,34H,8-17H2,1-7H3,(H,32,33)/t18-,19?,20?,21?,22+,23?,26+,27-,28-,29-,30+/m1/s1. The molecular weight excluding hydrogens is 424 g/mol. The Labute approximate surface area is 207 Å². The summed E-state index contributed by atoms with van der Waals surface area (Å²) in [5.74, 6) is 0.660. The molecule has 5 fully saturated rings. The van der Waals surface area contributed by atoms with E-state index in [1.54, 1.807) is 0 Å². The monoisotopic (exact) mass is 474 g/mol. The quantitative estimate of drug-likeness (QED) is 0.418. The lowest BCUT2D eigenvalue weighted by molar-refractivity contribution is -0.277. The summed E-state index contributed by atoms with van der Waals surface area (Å²) in [5.41, 5.74) is -1.38. The van der Waals surface area contributed by atoms with Gasteiger partial charge in [0.05, 0.1) is 17.1 Å². The molecule has 11 atom stereocenters. The molecule has 3 N–H and O–H groups in total. The summed E-state index contributed by atoms with van der Waals surface area (Å²) in [6.45, 7) is 16.2. The van der Waals surface area contributed by atoms with Crippen molar-refractivity contribution in [1.82, 2.24) is 0 Å². The maximum Gasteiger partial charge on any atom is 0.310 e. The molecule has 0 radical (unpaired) electrons. The van der Waals surface area contributed by atoms with Crippen LogP contribution in [0.2, 0.25) is 0 Å². The molecule has 0 spiro atoms. The van der Waals surface area contributed by atoms with Gasteiger partial charge in [0.2, 0.25) is 0 Å². The molecule has 34 heavy (non-hydrogen) atoms. The smallest absolute Gasteiger partial charge is 0.310 e. The van der Waals surface area contributed by atoms with E-state index in [2.05, 4.69) is 41.5 Å². The number of carbonyl (C=O) groups is 1. The fourth-order valence-electron chi connectivity index (χ4n) is 11.7. The lowest BCUT2D eigenvalue weighted by Gasteiger charge is -2.74. The topological polar surface area (TPSA) is 77.8 Å². The number of hydrogen-bond donors (Lipinski definition) is 3. The number of carboxylic acids is 1. The molecule has 4 nitrogen and oxygen atoms in total. The van der Waals surface area contributed by atoms with Crippen LogP contribution in [-0.4, -0.2) is 33.0 Å². The van der Waals surface area contributed by atoms with Crippen molar-refractivity contribution in [2.45, 2.75) is 124 Å². The fourth-order valence-corrected chi connectivity index (χ4v) is 11.7. The molecule has 5 saturated carbocycles. The first-order valence-electron chi connectivity index (χ1n) is 14.2. The van der Waals surface area contributed by atoms with Crippen molar-refractivity contribution in [1.29, 1.82) is 0 Å². The average Bonchev–Trinajstić information content (AvgIpc) is 2.74. The molecule has 0 heterocycles. The minimum absolute atomic E-state index is 0.0365. The molecule has 0 aromatic heterocycles. The third kappa shape index (κ3) is 2.77. The molecule has 0 bridgehead atoms. The summed E-state index contributed by atoms with van der Waals surface area (Å²) in [4.78, 5) is 12.9. The van der Waals surface area contributed by atoms with Crippen LogP contribution >= 0.6 is 0 Å². The first-order chi connectivity index (χ1) is 15.6. The molecule has 0 amide bonds. The van der Waals surface area contributed by atoms with Gasteiger partial charge in [-0.25, -0.2) is 0 Å². The SMILES string of the molecule is C[C@@H]1CC[C@]2(C(=O)O)CC[C@]3(C)C(CCC4[C@@]5(C)CC[C@H](O)C(C)(C)C5CC[C@]43C)C2[C@]1(C)O. The Morgan fingerprint density at radius 2 is 1.44 bits per heavy atom. The molecule has 5 aliphatic rings. The Balaban J connectivity index is 1.58. The Bertz CT molecular complexity index is 864. The van der Waals surface area contributed by atoms with Gasteiger partial charge in [0, 0.05) is 5.92 Å². The van der Waals surface area contributed by atoms with Crippen molar-refractivity contribution >= 4 is 5.97 Å². The lowest BCUT2D eigenvalue weighted by Crippen LogP contribution is -2.70. The summed E-state index contributed by atoms with van der Waals surface area (Å²) >= 11 is 0. The summed E-state index contributed by atoms with van der Waals surface area (Å²) < 4.78 is 0. The van der Waals surface area contributed by atoms with Gasteiger partial charge in [-0.1, -0.05) is 41.5 Å². The lowest BCUT2D eigenvalue weighted by atomic mass is 9.31. The minimum atomic E-state index is -0.940. The second kappa shape index (κ2) is 7.24. The van der Waals surface area contributed by atoms with Gasteiger partial charge in [-0.05, 0) is 116 Å². The van der Waals surface area contributed by atoms with Gasteiger partial charge in [-0.3, -0.25) is 4.79 Å². The van der Waals surface area contributed by atoms with Gasteiger partial charge in [0.1, 0.15) is 0 Å². The zero-order valence-electron chi connectivity index (χ0n) is 22.8. The molecule has 0 aliphatic heterocycles. The predicted molar refractivity (Wildman–Crippen MR) is 134 cm³/mol. The third-order valence-corrected chi connectivity index (χ3v) is 14.1. The van der Waals surface area contributed by atoms with Crippen molar-refractivity contribution < 1.29 is 20.1 Å². The van der Waals surface area contributed by atoms with Crippen LogP contribution in [0.1, 0.15) is 113 Å². The molecular formula is C30H50O4. The van der Waals surface area contributed by atoms with Crippen molar-refractivity contribution in [3.05, 3.63) is 0 Å². The van der Waals surface area contributed by atoms with Gasteiger partial charge < -0.3 is 15.3 Å². The summed E-state index contributed by atoms with van der Waals surface area (Å²) in [6, 6.07) is 0. The molecule has 0 saturated heterocycles. The summed E-state index contributed by atoms with van der Waals surface area (Å²) in [6.07, 6.45) is 9.43. The molecule has 0 aromatic rings. The van der Waals surface area contributed by atoms with E-state index in [9.17, 15) is 20.1 Å². The van der Waals surface area contributed by atoms with E-state index in [-0.39, 0.29) is 45.5 Å². The third-order valence-electron chi connectivity index (χ3n) is 14.1. The van der Waals surface area contributed by atoms with Crippen molar-refractivity contribution in [2.75, 3.05) is 0 Å². The highest BCUT2D eigenvalue weighted by Gasteiger charge is 2.73. The van der Waals surface area contributed by atoms with Crippen LogP contribution in [-0.2, 0) is 4.79 Å². The molecule has 4 unspecified atom stereocenters. The van der Waals surface area contributed by atoms with Gasteiger partial charge in [0.25, 0.3) is 0 Å². The van der Waals surface area contributed by atoms with E-state index in [0.29, 0.717) is 24.7 Å². The number of fused-ring (bicyclic) bond motifs is 7. The number of rotatable bonds is 1. The van der Waals surface area contributed by atoms with E-state index in [0.717, 1.165) is 51.4 Å². The minimum Gasteiger partial charge on any atom is -0.481 e. The van der Waals surface area contributed by atoms with Crippen LogP contribution < -0.4 is 0 Å². The predicted octanol–water partition coefficient (Wildman–Crippen LogP) is 6.28. The first kappa shape index (κ1) is 25.1. The van der Waals surface area contributed by atoms with Crippen molar-refractivity contribution in [3.8, 4) is 0 Å². The molecule has 194 valence electrons. The maximum absolute atomic E-state index is 12.9. The normalized spacial score (nSPS) is 58.6. The average molecular weight is 475 g/mol. The van der Waals surface area contributed by atoms with Gasteiger partial charge in [-0.15, -0.1) is 0 Å². The molecule has 5 aliphatic carbocycles. The Morgan fingerprint density at radius 1 is 0.765 bits per heavy atom. The zero-order valence-corrected chi connectivity index (χ0v) is 22.8. The van der Waals surface area contributed by atoms with Crippen molar-refractivity contribution in [3.63, 3.8) is 0 Å². The van der Waals surface area contributed by atoms with E-state index in [1.165, 1.54) is 0 Å². The second-order valence-corrected chi connectivity index (χ2v) is 15.1. The van der Waals surface area contributed by atoms with Crippen molar-refractivity contribution in [2.24, 2.45) is 56.7 Å². The summed E-state index contributed by atoms with van der Waals surface area (Å²) in [5, 5.41) is 33.4. The van der Waals surface area contributed by atoms with Crippen LogP contribution in [0, 0.1) is 56.7 Å². The highest BCUT2D eigenvalue weighted by molar-refractivity contribution is 5.76. The number of aliphatic hydroxyl groups excluding tert-OH is 1. The van der Waals surface area contributed by atoms with Crippen LogP contribution in [0.5, 0.6) is 0 Å². The number of aliphatic carboxylic acids is 1. The van der Waals surface area contributed by atoms with E-state index in [4.69, 9.17) is 0 Å². The second-order valence-electron chi connectivity index (χ2n) is 15.1. The Kier molecular flexibility index (Phi) is 5.34. The van der Waals surface area contributed by atoms with Crippen LogP contribution in [0.15, 0.2) is 0 Å². The first-order valence-corrected chi connectivity index (χ1v) is 14.2. The number of carboxylic acid groups (broad SMARTS) is 1. The van der Waals surface area contributed by atoms with E-state index in [1.807, 2.05) is 6.92 Å². The molecule has 5 rings (SSSR count). The van der Waals surface area contributed by atoms with E-state index >= 15 is 0 Å². The Hall–Kier alpha value is -0.610. The zero-order chi connectivity index (χ0) is 25.1. The van der Waals surface area contributed by atoms with E-state index < -0.39 is 17.0 Å². The number of hydrogen-bond acceptors (Lipinski definition) is 3. The molecule has 4 heteroatoms. The largest absolute Gasteiger partial charge is 0.481 e. The van der Waals surface area contributed by atoms with Crippen LogP contribution in [0.25, 0.3) is 0 Å². The van der Waals surface area contributed by atoms with Gasteiger partial charge in [0.15, 0.2) is 0 Å². The fraction of sp³-hybridized carbons (Fsp3) is 0.967. The number of aliphatic hydroxyl groups is 2. The van der Waals surface area contributed by atoms with Crippen LogP contribution in [0.3, 0.4) is 0 Å². The van der Waals surface area contributed by atoms with Gasteiger partial charge >= 0.3 is 5.97 Å². The van der Waals surface area contributed by atoms with Gasteiger partial charge in [-0.2, -0.15) is 0 Å². The summed E-state index contributed by atoms with van der Waals surface area (Å²) in [7, 11) is 0. The Morgan fingerprint density at radius 3 is 2.09 bits per heavy atom. The highest BCUT2D eigenvalue weighted by Crippen LogP contribution is 2.77. The van der Waals surface area contributed by atoms with Crippen LogP contribution in [0.4, 0.5) is 0 Å². The molecule has 0 aromatic carbocycles. The maximum atomic E-state index is 12.9. The highest BCUT2D eigenvalue weighted by atomic mass is 16.4.